The van der Waals surface area contributed by atoms with Crippen molar-refractivity contribution in [3.8, 4) is 12.3 Å². The number of hydrogen-bond donors (Lipinski definition) is 5. The summed E-state index contributed by atoms with van der Waals surface area (Å²) >= 11 is 0. The molecule has 47 heavy (non-hydrogen) atoms. The molecule has 1 heterocycles. The third-order valence-electron chi connectivity index (χ3n) is 8.13. The van der Waals surface area contributed by atoms with Gasteiger partial charge in [0.2, 0.25) is 11.8 Å². The van der Waals surface area contributed by atoms with Crippen LogP contribution in [0.3, 0.4) is 0 Å². The molecular formula is C33H50N6O8. The maximum absolute atomic E-state index is 13.1. The maximum Gasteiger partial charge on any atom is 0.317 e. The number of amides is 2. The maximum atomic E-state index is 13.1. The molecule has 1 fully saturated rings. The summed E-state index contributed by atoms with van der Waals surface area (Å²) in [6.45, 7) is 3.63. The molecule has 1 aromatic carbocycles. The number of aryl methyl sites for hydroxylation is 1. The highest BCUT2D eigenvalue weighted by Gasteiger charge is 2.25. The van der Waals surface area contributed by atoms with Crippen molar-refractivity contribution in [2.24, 2.45) is 0 Å². The SMILES string of the molecule is C#Cc1ccc(CCCCCCNC(=O)CNC(=O)C(C)N2CCN(CC(=O)O)CCN(CC(=O)O)CCN(CC(=O)O)CC2)cc1. The zero-order valence-corrected chi connectivity index (χ0v) is 27.4. The average Bonchev–Trinajstić information content (AvgIpc) is 3.02. The Balaban J connectivity index is 1.84. The Morgan fingerprint density at radius 3 is 1.66 bits per heavy atom. The molecule has 0 aliphatic carbocycles. The molecule has 5 N–H and O–H groups in total. The molecule has 1 aliphatic rings. The minimum Gasteiger partial charge on any atom is -0.480 e. The molecule has 0 aromatic heterocycles. The number of hydrogen-bond acceptors (Lipinski definition) is 9. The standard InChI is InChI=1S/C33H50N6O8/c1-3-27-9-11-28(12-10-27)8-6-4-5-7-13-34-29(40)22-35-33(47)26(2)39-20-18-37(24-31(43)44)16-14-36(23-30(41)42)15-17-38(19-21-39)25-32(45)46/h1,9-12,26H,4-8,13-25H2,2H3,(H,34,40)(H,35,47)(H,41,42)(H,43,44)(H,45,46). The first-order valence-corrected chi connectivity index (χ1v) is 16.1. The number of nitrogens with one attached hydrogen (secondary N) is 2. The predicted molar refractivity (Wildman–Crippen MR) is 176 cm³/mol. The van der Waals surface area contributed by atoms with Gasteiger partial charge in [-0.25, -0.2) is 0 Å². The molecule has 0 spiro atoms. The number of aliphatic carboxylic acids is 3. The van der Waals surface area contributed by atoms with Crippen LogP contribution in [0.25, 0.3) is 0 Å². The fourth-order valence-corrected chi connectivity index (χ4v) is 5.33. The van der Waals surface area contributed by atoms with E-state index in [0.29, 0.717) is 32.7 Å². The van der Waals surface area contributed by atoms with Crippen molar-refractivity contribution in [2.45, 2.75) is 45.1 Å². The van der Waals surface area contributed by atoms with E-state index in [-0.39, 0.29) is 64.2 Å². The third kappa shape index (κ3) is 16.9. The fraction of sp³-hybridized carbons (Fsp3) is 0.606. The molecule has 14 nitrogen and oxygen atoms in total. The monoisotopic (exact) mass is 658 g/mol. The highest BCUT2D eigenvalue weighted by molar-refractivity contribution is 5.87. The van der Waals surface area contributed by atoms with Crippen LogP contribution in [-0.2, 0) is 30.4 Å². The van der Waals surface area contributed by atoms with Gasteiger partial charge in [0.05, 0.1) is 32.2 Å². The van der Waals surface area contributed by atoms with E-state index in [2.05, 4.69) is 16.6 Å². The van der Waals surface area contributed by atoms with Crippen LogP contribution >= 0.6 is 0 Å². The molecule has 1 saturated heterocycles. The molecule has 1 unspecified atom stereocenters. The lowest BCUT2D eigenvalue weighted by molar-refractivity contribution is -0.140. The number of nitrogens with zero attached hydrogens (tertiary/aromatic N) is 4. The summed E-state index contributed by atoms with van der Waals surface area (Å²) in [5.41, 5.74) is 2.11. The first-order chi connectivity index (χ1) is 22.5. The van der Waals surface area contributed by atoms with Crippen molar-refractivity contribution in [1.82, 2.24) is 30.2 Å². The molecule has 1 aliphatic heterocycles. The minimum absolute atomic E-state index is 0.180. The summed E-state index contributed by atoms with van der Waals surface area (Å²) < 4.78 is 0. The number of unbranched alkanes of at least 4 members (excludes halogenated alkanes) is 3. The Kier molecular flexibility index (Phi) is 18.1. The zero-order chi connectivity index (χ0) is 34.6. The quantitative estimate of drug-likeness (QED) is 0.111. The zero-order valence-electron chi connectivity index (χ0n) is 27.4. The van der Waals surface area contributed by atoms with Gasteiger partial charge in [-0.3, -0.25) is 43.6 Å². The summed E-state index contributed by atoms with van der Waals surface area (Å²) in [5, 5.41) is 33.6. The second-order valence-electron chi connectivity index (χ2n) is 11.8. The van der Waals surface area contributed by atoms with Gasteiger partial charge in [-0.05, 0) is 43.9 Å². The molecule has 0 bridgehead atoms. The number of carboxylic acids is 3. The van der Waals surface area contributed by atoms with Crippen LogP contribution in [0.5, 0.6) is 0 Å². The van der Waals surface area contributed by atoms with Crippen LogP contribution < -0.4 is 10.6 Å². The molecule has 2 rings (SSSR count). The second-order valence-corrected chi connectivity index (χ2v) is 11.8. The van der Waals surface area contributed by atoms with Gasteiger partial charge in [0, 0.05) is 64.5 Å². The lowest BCUT2D eigenvalue weighted by atomic mass is 10.0. The Bertz CT molecular complexity index is 1170. The summed E-state index contributed by atoms with van der Waals surface area (Å²) in [7, 11) is 0. The summed E-state index contributed by atoms with van der Waals surface area (Å²) in [5.74, 6) is -1.13. The van der Waals surface area contributed by atoms with E-state index in [1.54, 1.807) is 21.6 Å². The fourth-order valence-electron chi connectivity index (χ4n) is 5.33. The van der Waals surface area contributed by atoms with Crippen LogP contribution in [-0.4, -0.2) is 156 Å². The van der Waals surface area contributed by atoms with Crippen molar-refractivity contribution >= 4 is 29.7 Å². The molecule has 1 aromatic rings. The molecule has 0 radical (unpaired) electrons. The van der Waals surface area contributed by atoms with E-state index in [4.69, 9.17) is 6.42 Å². The smallest absolute Gasteiger partial charge is 0.317 e. The van der Waals surface area contributed by atoms with Gasteiger partial charge in [-0.2, -0.15) is 0 Å². The van der Waals surface area contributed by atoms with E-state index in [1.165, 1.54) is 5.56 Å². The largest absolute Gasteiger partial charge is 0.480 e. The highest BCUT2D eigenvalue weighted by atomic mass is 16.4. The number of benzene rings is 1. The molecule has 0 saturated carbocycles. The van der Waals surface area contributed by atoms with Gasteiger partial charge in [-0.1, -0.05) is 30.9 Å². The van der Waals surface area contributed by atoms with Crippen molar-refractivity contribution < 1.29 is 39.3 Å². The number of carboxylic acid groups (broad SMARTS) is 3. The Hall–Kier alpha value is -4.03. The van der Waals surface area contributed by atoms with Crippen LogP contribution in [0.2, 0.25) is 0 Å². The summed E-state index contributed by atoms with van der Waals surface area (Å²) in [4.78, 5) is 66.7. The van der Waals surface area contributed by atoms with Crippen LogP contribution in [0.4, 0.5) is 0 Å². The number of carbonyl (C=O) groups excluding carboxylic acids is 2. The van der Waals surface area contributed by atoms with Gasteiger partial charge in [-0.15, -0.1) is 6.42 Å². The second kappa shape index (κ2) is 21.7. The topological polar surface area (TPSA) is 183 Å². The predicted octanol–water partition coefficient (Wildman–Crippen LogP) is -0.133. The number of carbonyl (C=O) groups is 5. The first kappa shape index (κ1) is 39.1. The van der Waals surface area contributed by atoms with E-state index in [9.17, 15) is 39.3 Å². The number of rotatable bonds is 17. The highest BCUT2D eigenvalue weighted by Crippen LogP contribution is 2.09. The van der Waals surface area contributed by atoms with Gasteiger partial charge in [0.1, 0.15) is 0 Å². The van der Waals surface area contributed by atoms with E-state index >= 15 is 0 Å². The normalized spacial score (nSPS) is 16.6. The van der Waals surface area contributed by atoms with Crippen molar-refractivity contribution in [3.63, 3.8) is 0 Å². The minimum atomic E-state index is -1.03. The lowest BCUT2D eigenvalue weighted by Gasteiger charge is -2.35. The Morgan fingerprint density at radius 2 is 1.19 bits per heavy atom. The van der Waals surface area contributed by atoms with Gasteiger partial charge < -0.3 is 26.0 Å². The van der Waals surface area contributed by atoms with Crippen molar-refractivity contribution in [3.05, 3.63) is 35.4 Å². The molecule has 2 amide bonds. The van der Waals surface area contributed by atoms with E-state index in [0.717, 1.165) is 37.7 Å². The third-order valence-corrected chi connectivity index (χ3v) is 8.13. The summed E-state index contributed by atoms with van der Waals surface area (Å²) in [6, 6.07) is 7.30. The van der Waals surface area contributed by atoms with Crippen LogP contribution in [0, 0.1) is 12.3 Å². The van der Waals surface area contributed by atoms with Gasteiger partial charge >= 0.3 is 17.9 Å². The summed E-state index contributed by atoms with van der Waals surface area (Å²) in [6.07, 6.45) is 10.2. The lowest BCUT2D eigenvalue weighted by Crippen LogP contribution is -2.53. The molecule has 14 heteroatoms. The van der Waals surface area contributed by atoms with Crippen LogP contribution in [0.15, 0.2) is 24.3 Å². The number of terminal acetylenes is 1. The van der Waals surface area contributed by atoms with Gasteiger partial charge in [0.25, 0.3) is 0 Å². The average molecular weight is 659 g/mol. The molecule has 260 valence electrons. The Morgan fingerprint density at radius 1 is 0.723 bits per heavy atom. The molecule has 1 atom stereocenters. The van der Waals surface area contributed by atoms with E-state index in [1.807, 2.05) is 29.2 Å². The molecular weight excluding hydrogens is 608 g/mol. The van der Waals surface area contributed by atoms with Gasteiger partial charge in [0.15, 0.2) is 0 Å². The van der Waals surface area contributed by atoms with E-state index < -0.39 is 23.9 Å². The van der Waals surface area contributed by atoms with Crippen LogP contribution in [0.1, 0.15) is 43.7 Å². The first-order valence-electron chi connectivity index (χ1n) is 16.1. The van der Waals surface area contributed by atoms with Crippen molar-refractivity contribution in [2.75, 3.05) is 85.1 Å². The Labute approximate surface area is 277 Å². The van der Waals surface area contributed by atoms with Crippen molar-refractivity contribution in [1.29, 1.82) is 0 Å².